The highest BCUT2D eigenvalue weighted by Gasteiger charge is 2.17. The number of nitrogens with two attached hydrogens (primary N) is 1. The van der Waals surface area contributed by atoms with Crippen LogP contribution >= 0.6 is 11.3 Å². The van der Waals surface area contributed by atoms with Crippen molar-refractivity contribution in [2.45, 2.75) is 6.04 Å². The third-order valence-electron chi connectivity index (χ3n) is 2.85. The van der Waals surface area contributed by atoms with E-state index in [-0.39, 0.29) is 6.04 Å². The normalized spacial score (nSPS) is 13.1. The van der Waals surface area contributed by atoms with Crippen LogP contribution in [0.1, 0.15) is 16.7 Å². The molecular formula is C12H12N4S. The van der Waals surface area contributed by atoms with Gasteiger partial charge in [-0.25, -0.2) is 4.98 Å². The van der Waals surface area contributed by atoms with Crippen molar-refractivity contribution in [2.75, 3.05) is 0 Å². The number of thiophene rings is 1. The molecule has 0 bridgehead atoms. The van der Waals surface area contributed by atoms with Crippen LogP contribution in [0.5, 0.6) is 0 Å². The van der Waals surface area contributed by atoms with E-state index >= 15 is 0 Å². The van der Waals surface area contributed by atoms with Gasteiger partial charge in [0.2, 0.25) is 0 Å². The van der Waals surface area contributed by atoms with Crippen molar-refractivity contribution in [3.05, 3.63) is 46.7 Å². The van der Waals surface area contributed by atoms with Crippen LogP contribution in [0.15, 0.2) is 36.0 Å². The lowest BCUT2D eigenvalue weighted by Gasteiger charge is -2.09. The SMILES string of the molecule is Cn1c(C(N)c2cccs2)nc2cnccc21. The smallest absolute Gasteiger partial charge is 0.132 e. The lowest BCUT2D eigenvalue weighted by atomic mass is 10.2. The summed E-state index contributed by atoms with van der Waals surface area (Å²) in [5.41, 5.74) is 8.18. The van der Waals surface area contributed by atoms with Gasteiger partial charge in [-0.05, 0) is 17.5 Å². The van der Waals surface area contributed by atoms with Crippen molar-refractivity contribution in [3.63, 3.8) is 0 Å². The number of pyridine rings is 1. The molecule has 0 aliphatic rings. The first-order chi connectivity index (χ1) is 8.27. The summed E-state index contributed by atoms with van der Waals surface area (Å²) >= 11 is 1.65. The third kappa shape index (κ3) is 1.64. The molecular weight excluding hydrogens is 232 g/mol. The fourth-order valence-electron chi connectivity index (χ4n) is 1.94. The van der Waals surface area contributed by atoms with Gasteiger partial charge in [-0.3, -0.25) is 4.98 Å². The molecule has 5 heteroatoms. The molecule has 4 nitrogen and oxygen atoms in total. The average Bonchev–Trinajstić information content (AvgIpc) is 2.97. The van der Waals surface area contributed by atoms with Crippen LogP contribution in [0.2, 0.25) is 0 Å². The van der Waals surface area contributed by atoms with Crippen LogP contribution < -0.4 is 5.73 Å². The lowest BCUT2D eigenvalue weighted by Crippen LogP contribution is -2.15. The van der Waals surface area contributed by atoms with E-state index in [1.165, 1.54) is 0 Å². The zero-order valence-electron chi connectivity index (χ0n) is 9.37. The van der Waals surface area contributed by atoms with Gasteiger partial charge in [-0.15, -0.1) is 11.3 Å². The Morgan fingerprint density at radius 1 is 1.41 bits per heavy atom. The van der Waals surface area contributed by atoms with Crippen LogP contribution in [0.25, 0.3) is 11.0 Å². The van der Waals surface area contributed by atoms with Gasteiger partial charge in [-0.1, -0.05) is 6.07 Å². The van der Waals surface area contributed by atoms with Gasteiger partial charge in [0.25, 0.3) is 0 Å². The fourth-order valence-corrected chi connectivity index (χ4v) is 2.67. The quantitative estimate of drug-likeness (QED) is 0.751. The van der Waals surface area contributed by atoms with Gasteiger partial charge < -0.3 is 10.3 Å². The van der Waals surface area contributed by atoms with Crippen LogP contribution in [0.4, 0.5) is 0 Å². The molecule has 0 aromatic carbocycles. The van der Waals surface area contributed by atoms with E-state index in [1.54, 1.807) is 23.7 Å². The summed E-state index contributed by atoms with van der Waals surface area (Å²) in [7, 11) is 1.98. The molecule has 0 saturated heterocycles. The Bertz CT molecular complexity index is 642. The van der Waals surface area contributed by atoms with Crippen LogP contribution in [-0.2, 0) is 7.05 Å². The monoisotopic (exact) mass is 244 g/mol. The highest BCUT2D eigenvalue weighted by molar-refractivity contribution is 7.10. The Morgan fingerprint density at radius 3 is 3.00 bits per heavy atom. The van der Waals surface area contributed by atoms with Crippen molar-refractivity contribution in [3.8, 4) is 0 Å². The van der Waals surface area contributed by atoms with Crippen LogP contribution in [0.3, 0.4) is 0 Å². The Morgan fingerprint density at radius 2 is 2.29 bits per heavy atom. The molecule has 1 unspecified atom stereocenters. The maximum absolute atomic E-state index is 6.23. The largest absolute Gasteiger partial charge is 0.329 e. The predicted octanol–water partition coefficient (Wildman–Crippen LogP) is 2.08. The number of aryl methyl sites for hydroxylation is 1. The minimum absolute atomic E-state index is 0.174. The molecule has 3 aromatic rings. The predicted molar refractivity (Wildman–Crippen MR) is 68.9 cm³/mol. The molecule has 0 aliphatic heterocycles. The molecule has 0 aliphatic carbocycles. The molecule has 3 aromatic heterocycles. The van der Waals surface area contributed by atoms with Gasteiger partial charge in [0, 0.05) is 18.1 Å². The number of rotatable bonds is 2. The molecule has 0 spiro atoms. The summed E-state index contributed by atoms with van der Waals surface area (Å²) in [5.74, 6) is 0.871. The zero-order valence-corrected chi connectivity index (χ0v) is 10.2. The Kier molecular flexibility index (Phi) is 2.42. The van der Waals surface area contributed by atoms with E-state index in [0.717, 1.165) is 21.7 Å². The van der Waals surface area contributed by atoms with E-state index in [1.807, 2.05) is 35.2 Å². The topological polar surface area (TPSA) is 56.7 Å². The summed E-state index contributed by atoms with van der Waals surface area (Å²) in [6, 6.07) is 5.82. The van der Waals surface area contributed by atoms with E-state index in [2.05, 4.69) is 9.97 Å². The van der Waals surface area contributed by atoms with E-state index in [9.17, 15) is 0 Å². The van der Waals surface area contributed by atoms with E-state index in [0.29, 0.717) is 0 Å². The second-order valence-electron chi connectivity index (χ2n) is 3.89. The minimum atomic E-state index is -0.174. The molecule has 3 heterocycles. The average molecular weight is 244 g/mol. The Hall–Kier alpha value is -1.72. The molecule has 3 rings (SSSR count). The summed E-state index contributed by atoms with van der Waals surface area (Å²) in [4.78, 5) is 9.75. The number of nitrogens with zero attached hydrogens (tertiary/aromatic N) is 3. The summed E-state index contributed by atoms with van der Waals surface area (Å²) in [6.45, 7) is 0. The zero-order chi connectivity index (χ0) is 11.8. The lowest BCUT2D eigenvalue weighted by molar-refractivity contribution is 0.738. The van der Waals surface area contributed by atoms with Gasteiger partial charge in [0.15, 0.2) is 0 Å². The Balaban J connectivity index is 2.15. The summed E-state index contributed by atoms with van der Waals surface area (Å²) in [6.07, 6.45) is 3.53. The molecule has 0 amide bonds. The highest BCUT2D eigenvalue weighted by atomic mass is 32.1. The van der Waals surface area contributed by atoms with Crippen molar-refractivity contribution in [1.29, 1.82) is 0 Å². The maximum Gasteiger partial charge on any atom is 0.132 e. The number of imidazole rings is 1. The highest BCUT2D eigenvalue weighted by Crippen LogP contribution is 2.25. The van der Waals surface area contributed by atoms with Gasteiger partial charge in [0.05, 0.1) is 17.8 Å². The van der Waals surface area contributed by atoms with Crippen molar-refractivity contribution in [1.82, 2.24) is 14.5 Å². The third-order valence-corrected chi connectivity index (χ3v) is 3.80. The fraction of sp³-hybridized carbons (Fsp3) is 0.167. The van der Waals surface area contributed by atoms with Crippen LogP contribution in [-0.4, -0.2) is 14.5 Å². The second-order valence-corrected chi connectivity index (χ2v) is 4.87. The molecule has 0 fully saturated rings. The minimum Gasteiger partial charge on any atom is -0.329 e. The Labute approximate surface area is 103 Å². The first kappa shape index (κ1) is 10.4. The number of fused-ring (bicyclic) bond motifs is 1. The van der Waals surface area contributed by atoms with Crippen molar-refractivity contribution >= 4 is 22.4 Å². The maximum atomic E-state index is 6.23. The molecule has 1 atom stereocenters. The van der Waals surface area contributed by atoms with Crippen LogP contribution in [0, 0.1) is 0 Å². The van der Waals surface area contributed by atoms with Gasteiger partial charge >= 0.3 is 0 Å². The molecule has 0 radical (unpaired) electrons. The number of hydrogen-bond donors (Lipinski definition) is 1. The first-order valence-electron chi connectivity index (χ1n) is 5.32. The summed E-state index contributed by atoms with van der Waals surface area (Å²) in [5, 5.41) is 2.03. The second kappa shape index (κ2) is 3.94. The van der Waals surface area contributed by atoms with Gasteiger partial charge in [0.1, 0.15) is 11.3 Å². The van der Waals surface area contributed by atoms with E-state index < -0.39 is 0 Å². The molecule has 86 valence electrons. The molecule has 17 heavy (non-hydrogen) atoms. The first-order valence-corrected chi connectivity index (χ1v) is 6.20. The van der Waals surface area contributed by atoms with E-state index in [4.69, 9.17) is 5.73 Å². The standard InChI is InChI=1S/C12H12N4S/c1-16-9-4-5-14-7-8(9)15-12(16)11(13)10-3-2-6-17-10/h2-7,11H,13H2,1H3. The van der Waals surface area contributed by atoms with Gasteiger partial charge in [-0.2, -0.15) is 0 Å². The van der Waals surface area contributed by atoms with Crippen molar-refractivity contribution in [2.24, 2.45) is 12.8 Å². The number of aromatic nitrogens is 3. The summed E-state index contributed by atoms with van der Waals surface area (Å²) < 4.78 is 2.03. The molecule has 0 saturated carbocycles. The number of hydrogen-bond acceptors (Lipinski definition) is 4. The molecule has 2 N–H and O–H groups in total. The van der Waals surface area contributed by atoms with Crippen molar-refractivity contribution < 1.29 is 0 Å².